The van der Waals surface area contributed by atoms with Gasteiger partial charge in [0.05, 0.1) is 17.4 Å². The number of nitrogens with one attached hydrogen (secondary N) is 1. The van der Waals surface area contributed by atoms with Crippen molar-refractivity contribution in [2.45, 2.75) is 25.0 Å². The quantitative estimate of drug-likeness (QED) is 0.846. The number of allylic oxidation sites excluding steroid dienone is 2. The molecule has 0 saturated carbocycles. The van der Waals surface area contributed by atoms with E-state index in [1.54, 1.807) is 24.3 Å². The van der Waals surface area contributed by atoms with Gasteiger partial charge in [-0.1, -0.05) is 30.4 Å². The second-order valence-electron chi connectivity index (χ2n) is 5.03. The Morgan fingerprint density at radius 1 is 1.30 bits per heavy atom. The van der Waals surface area contributed by atoms with Crippen molar-refractivity contribution < 1.29 is 8.42 Å². The maximum atomic E-state index is 12.1. The highest BCUT2D eigenvalue weighted by Crippen LogP contribution is 2.18. The predicted molar refractivity (Wildman–Crippen MR) is 78.3 cm³/mol. The van der Waals surface area contributed by atoms with Gasteiger partial charge in [-0.2, -0.15) is 5.26 Å². The summed E-state index contributed by atoms with van der Waals surface area (Å²) in [6.07, 6.45) is 7.20. The molecular formula is C15H18N2O2S. The van der Waals surface area contributed by atoms with Gasteiger partial charge in [0.1, 0.15) is 0 Å². The molecule has 106 valence electrons. The van der Waals surface area contributed by atoms with Crippen LogP contribution in [0.1, 0.15) is 30.4 Å². The molecule has 4 nitrogen and oxygen atoms in total. The molecule has 2 rings (SSSR count). The van der Waals surface area contributed by atoms with E-state index >= 15 is 0 Å². The van der Waals surface area contributed by atoms with Crippen LogP contribution >= 0.6 is 0 Å². The zero-order valence-corrected chi connectivity index (χ0v) is 12.1. The van der Waals surface area contributed by atoms with Gasteiger partial charge in [-0.15, -0.1) is 0 Å². The van der Waals surface area contributed by atoms with Crippen molar-refractivity contribution in [3.05, 3.63) is 47.5 Å². The normalized spacial score (nSPS) is 18.6. The lowest BCUT2D eigenvalue weighted by Crippen LogP contribution is -2.31. The fourth-order valence-corrected chi connectivity index (χ4v) is 3.55. The molecule has 1 aliphatic rings. The largest absolute Gasteiger partial charge is 0.215 e. The summed E-state index contributed by atoms with van der Waals surface area (Å²) in [6, 6.07) is 8.82. The van der Waals surface area contributed by atoms with Crippen LogP contribution in [-0.2, 0) is 15.8 Å². The van der Waals surface area contributed by atoms with Crippen LogP contribution in [0.25, 0.3) is 0 Å². The van der Waals surface area contributed by atoms with Crippen molar-refractivity contribution in [2.75, 3.05) is 6.54 Å². The molecule has 1 aliphatic carbocycles. The molecule has 20 heavy (non-hydrogen) atoms. The van der Waals surface area contributed by atoms with Crippen LogP contribution in [0.4, 0.5) is 0 Å². The third kappa shape index (κ3) is 4.19. The molecule has 0 aliphatic heterocycles. The van der Waals surface area contributed by atoms with E-state index in [0.717, 1.165) is 19.3 Å². The van der Waals surface area contributed by atoms with Gasteiger partial charge in [0.2, 0.25) is 10.0 Å². The van der Waals surface area contributed by atoms with Crippen molar-refractivity contribution in [2.24, 2.45) is 5.92 Å². The summed E-state index contributed by atoms with van der Waals surface area (Å²) in [7, 11) is -3.39. The average Bonchev–Trinajstić information content (AvgIpc) is 2.47. The Balaban J connectivity index is 1.97. The molecule has 1 aromatic carbocycles. The number of nitriles is 1. The third-order valence-corrected chi connectivity index (χ3v) is 4.75. The lowest BCUT2D eigenvalue weighted by molar-refractivity contribution is 0.468. The van der Waals surface area contributed by atoms with E-state index in [1.807, 2.05) is 6.07 Å². The first-order valence-corrected chi connectivity index (χ1v) is 8.36. The Bertz CT molecular complexity index is 630. The lowest BCUT2D eigenvalue weighted by atomic mass is 9.95. The lowest BCUT2D eigenvalue weighted by Gasteiger charge is -2.18. The van der Waals surface area contributed by atoms with Gasteiger partial charge in [-0.3, -0.25) is 0 Å². The fourth-order valence-electron chi connectivity index (χ4n) is 2.30. The zero-order valence-electron chi connectivity index (χ0n) is 11.2. The smallest absolute Gasteiger partial charge is 0.215 e. The van der Waals surface area contributed by atoms with Crippen LogP contribution in [0.3, 0.4) is 0 Å². The summed E-state index contributed by atoms with van der Waals surface area (Å²) in [5.41, 5.74) is 0.963. The van der Waals surface area contributed by atoms with Crippen molar-refractivity contribution >= 4 is 10.0 Å². The molecule has 1 N–H and O–H groups in total. The number of sulfonamides is 1. The summed E-state index contributed by atoms with van der Waals surface area (Å²) >= 11 is 0. The number of hydrogen-bond donors (Lipinski definition) is 1. The summed E-state index contributed by atoms with van der Waals surface area (Å²) in [6.45, 7) is 0.474. The molecule has 0 radical (unpaired) electrons. The number of rotatable bonds is 5. The minimum atomic E-state index is -3.39. The molecule has 0 fully saturated rings. The Kier molecular flexibility index (Phi) is 4.94. The maximum Gasteiger partial charge on any atom is 0.215 e. The number of hydrogen-bond acceptors (Lipinski definition) is 3. The standard InChI is InChI=1S/C15H18N2O2S/c16-10-14-8-4-5-9-15(14)12-20(18,19)17-11-13-6-2-1-3-7-13/h1-2,4-5,8-9,13,17H,3,6-7,11-12H2. The van der Waals surface area contributed by atoms with Crippen molar-refractivity contribution in [1.29, 1.82) is 5.26 Å². The van der Waals surface area contributed by atoms with Gasteiger partial charge in [0.25, 0.3) is 0 Å². The van der Waals surface area contributed by atoms with Crippen LogP contribution in [0.15, 0.2) is 36.4 Å². The first-order valence-electron chi connectivity index (χ1n) is 6.71. The Morgan fingerprint density at radius 3 is 2.80 bits per heavy atom. The second kappa shape index (κ2) is 6.69. The van der Waals surface area contributed by atoms with Crippen molar-refractivity contribution in [3.8, 4) is 6.07 Å². The molecule has 0 saturated heterocycles. The van der Waals surface area contributed by atoms with Crippen LogP contribution in [-0.4, -0.2) is 15.0 Å². The van der Waals surface area contributed by atoms with Crippen LogP contribution < -0.4 is 4.72 Å². The predicted octanol–water partition coefficient (Wildman–Crippen LogP) is 2.33. The highest BCUT2D eigenvalue weighted by molar-refractivity contribution is 7.88. The molecule has 1 unspecified atom stereocenters. The van der Waals surface area contributed by atoms with Gasteiger partial charge >= 0.3 is 0 Å². The minimum absolute atomic E-state index is 0.140. The van der Waals surface area contributed by atoms with Gasteiger partial charge in [-0.05, 0) is 36.8 Å². The van der Waals surface area contributed by atoms with Gasteiger partial charge in [0.15, 0.2) is 0 Å². The summed E-state index contributed by atoms with van der Waals surface area (Å²) in [5, 5.41) is 8.98. The van der Waals surface area contributed by atoms with E-state index in [-0.39, 0.29) is 5.75 Å². The third-order valence-electron chi connectivity index (χ3n) is 3.45. The zero-order chi connectivity index (χ0) is 14.4. The fraction of sp³-hybridized carbons (Fsp3) is 0.400. The SMILES string of the molecule is N#Cc1ccccc1CS(=O)(=O)NCC1CC=CCC1. The average molecular weight is 290 g/mol. The molecule has 0 amide bonds. The molecular weight excluding hydrogens is 272 g/mol. The van der Waals surface area contributed by atoms with E-state index < -0.39 is 10.0 Å². The van der Waals surface area contributed by atoms with Crippen molar-refractivity contribution in [3.63, 3.8) is 0 Å². The first kappa shape index (κ1) is 14.8. The summed E-state index contributed by atoms with van der Waals surface area (Å²) < 4.78 is 26.8. The maximum absolute atomic E-state index is 12.1. The van der Waals surface area contributed by atoms with Gasteiger partial charge < -0.3 is 0 Å². The van der Waals surface area contributed by atoms with E-state index in [4.69, 9.17) is 5.26 Å². The Hall–Kier alpha value is -1.64. The number of benzene rings is 1. The molecule has 1 atom stereocenters. The monoisotopic (exact) mass is 290 g/mol. The van der Waals surface area contributed by atoms with Crippen LogP contribution in [0.2, 0.25) is 0 Å². The first-order chi connectivity index (χ1) is 9.61. The van der Waals surface area contributed by atoms with Gasteiger partial charge in [-0.25, -0.2) is 13.1 Å². The Labute approximate surface area is 120 Å². The Morgan fingerprint density at radius 2 is 2.10 bits per heavy atom. The highest BCUT2D eigenvalue weighted by Gasteiger charge is 2.17. The van der Waals surface area contributed by atoms with Crippen molar-refractivity contribution in [1.82, 2.24) is 4.72 Å². The molecule has 0 heterocycles. The van der Waals surface area contributed by atoms with E-state index in [2.05, 4.69) is 16.9 Å². The molecule has 1 aromatic rings. The highest BCUT2D eigenvalue weighted by atomic mass is 32.2. The summed E-state index contributed by atoms with van der Waals surface area (Å²) in [5.74, 6) is 0.236. The second-order valence-corrected chi connectivity index (χ2v) is 6.83. The van der Waals surface area contributed by atoms with E-state index in [0.29, 0.717) is 23.6 Å². The van der Waals surface area contributed by atoms with Crippen LogP contribution in [0.5, 0.6) is 0 Å². The molecule has 5 heteroatoms. The molecule has 0 aromatic heterocycles. The minimum Gasteiger partial charge on any atom is -0.215 e. The van der Waals surface area contributed by atoms with Crippen LogP contribution in [0, 0.1) is 17.2 Å². The van der Waals surface area contributed by atoms with E-state index in [9.17, 15) is 8.42 Å². The van der Waals surface area contributed by atoms with Gasteiger partial charge in [0, 0.05) is 6.54 Å². The topological polar surface area (TPSA) is 70.0 Å². The number of nitrogens with zero attached hydrogens (tertiary/aromatic N) is 1. The summed E-state index contributed by atoms with van der Waals surface area (Å²) in [4.78, 5) is 0. The molecule has 0 spiro atoms. The van der Waals surface area contributed by atoms with E-state index in [1.165, 1.54) is 0 Å². The molecule has 0 bridgehead atoms.